The Kier molecular flexibility index (Phi) is 4.41. The molecule has 3 nitrogen and oxygen atoms in total. The third kappa shape index (κ3) is 3.19. The van der Waals surface area contributed by atoms with Crippen LogP contribution < -0.4 is 0 Å². The van der Waals surface area contributed by atoms with Gasteiger partial charge in [0, 0.05) is 26.1 Å². The molecular weight excluding hydrogens is 318 g/mol. The molecule has 2 heterocycles. The number of nitrogens with zero attached hydrogens (tertiary/aromatic N) is 3. The van der Waals surface area contributed by atoms with Crippen LogP contribution in [0.1, 0.15) is 28.3 Å². The van der Waals surface area contributed by atoms with Gasteiger partial charge in [0.05, 0.1) is 11.8 Å². The number of aryl methyl sites for hydroxylation is 2. The SMILES string of the molecule is Cc1ccc(/C=C2/CN(C)CC3C2=NN(C)C3c2ccc(C)cc2)cc1. The normalized spacial score (nSPS) is 24.7. The topological polar surface area (TPSA) is 18.8 Å². The molecule has 134 valence electrons. The highest BCUT2D eigenvalue weighted by Gasteiger charge is 2.41. The van der Waals surface area contributed by atoms with Gasteiger partial charge in [0.1, 0.15) is 0 Å². The molecule has 2 unspecified atom stereocenters. The average Bonchev–Trinajstić information content (AvgIpc) is 2.94. The van der Waals surface area contributed by atoms with Crippen LogP contribution in [-0.2, 0) is 0 Å². The maximum atomic E-state index is 4.98. The molecule has 1 fully saturated rings. The summed E-state index contributed by atoms with van der Waals surface area (Å²) in [6.07, 6.45) is 2.31. The first-order valence-corrected chi connectivity index (χ1v) is 9.35. The molecule has 0 amide bonds. The summed E-state index contributed by atoms with van der Waals surface area (Å²) < 4.78 is 0. The molecule has 0 radical (unpaired) electrons. The van der Waals surface area contributed by atoms with Gasteiger partial charge in [-0.15, -0.1) is 0 Å². The maximum Gasteiger partial charge on any atom is 0.0813 e. The highest BCUT2D eigenvalue weighted by Crippen LogP contribution is 2.39. The van der Waals surface area contributed by atoms with Crippen molar-refractivity contribution >= 4 is 11.8 Å². The number of benzene rings is 2. The summed E-state index contributed by atoms with van der Waals surface area (Å²) in [6.45, 7) is 6.27. The Hall–Kier alpha value is -2.39. The van der Waals surface area contributed by atoms with E-state index < -0.39 is 0 Å². The van der Waals surface area contributed by atoms with Gasteiger partial charge in [0.2, 0.25) is 0 Å². The fourth-order valence-electron chi connectivity index (χ4n) is 4.17. The first-order chi connectivity index (χ1) is 12.5. The van der Waals surface area contributed by atoms with E-state index in [9.17, 15) is 0 Å². The smallest absolute Gasteiger partial charge is 0.0813 e. The second kappa shape index (κ2) is 6.73. The van der Waals surface area contributed by atoms with E-state index in [-0.39, 0.29) is 0 Å². The standard InChI is InChI=1S/C23H27N3/c1-16-5-9-18(10-6-16)13-20-14-25(3)15-21-22(20)24-26(4)23(21)19-11-7-17(2)8-12-19/h5-13,21,23H,14-15H2,1-4H3/b20-13-. The molecule has 0 saturated carbocycles. The molecule has 0 bridgehead atoms. The van der Waals surface area contributed by atoms with Gasteiger partial charge >= 0.3 is 0 Å². The molecule has 2 aliphatic rings. The van der Waals surface area contributed by atoms with Gasteiger partial charge in [-0.2, -0.15) is 5.10 Å². The number of hydrazone groups is 1. The van der Waals surface area contributed by atoms with Gasteiger partial charge in [-0.3, -0.25) is 5.01 Å². The lowest BCUT2D eigenvalue weighted by Crippen LogP contribution is -2.41. The number of fused-ring (bicyclic) bond motifs is 1. The fraction of sp³-hybridized carbons (Fsp3) is 0.348. The highest BCUT2D eigenvalue weighted by molar-refractivity contribution is 6.07. The van der Waals surface area contributed by atoms with E-state index in [4.69, 9.17) is 5.10 Å². The third-order valence-electron chi connectivity index (χ3n) is 5.52. The lowest BCUT2D eigenvalue weighted by molar-refractivity contribution is 0.211. The Morgan fingerprint density at radius 3 is 2.19 bits per heavy atom. The summed E-state index contributed by atoms with van der Waals surface area (Å²) in [5.41, 5.74) is 7.81. The molecular formula is C23H27N3. The summed E-state index contributed by atoms with van der Waals surface area (Å²) in [7, 11) is 4.32. The zero-order chi connectivity index (χ0) is 18.3. The zero-order valence-corrected chi connectivity index (χ0v) is 16.1. The van der Waals surface area contributed by atoms with Gasteiger partial charge in [-0.1, -0.05) is 59.7 Å². The van der Waals surface area contributed by atoms with Gasteiger partial charge in [0.15, 0.2) is 0 Å². The molecule has 0 spiro atoms. The van der Waals surface area contributed by atoms with Gasteiger partial charge in [0.25, 0.3) is 0 Å². The number of likely N-dealkylation sites (N-methyl/N-ethyl adjacent to an activating group) is 1. The van der Waals surface area contributed by atoms with Crippen LogP contribution in [-0.4, -0.2) is 42.8 Å². The molecule has 2 aromatic rings. The molecule has 2 atom stereocenters. The maximum absolute atomic E-state index is 4.98. The first-order valence-electron chi connectivity index (χ1n) is 9.35. The van der Waals surface area contributed by atoms with E-state index in [1.54, 1.807) is 0 Å². The highest BCUT2D eigenvalue weighted by atomic mass is 15.5. The van der Waals surface area contributed by atoms with Crippen molar-refractivity contribution in [2.45, 2.75) is 19.9 Å². The fourth-order valence-corrected chi connectivity index (χ4v) is 4.17. The second-order valence-electron chi connectivity index (χ2n) is 7.80. The number of likely N-dealkylation sites (tertiary alicyclic amines) is 1. The van der Waals surface area contributed by atoms with Crippen molar-refractivity contribution in [2.24, 2.45) is 11.0 Å². The summed E-state index contributed by atoms with van der Waals surface area (Å²) in [6, 6.07) is 18.0. The van der Waals surface area contributed by atoms with E-state index in [0.717, 1.165) is 13.1 Å². The van der Waals surface area contributed by atoms with E-state index in [1.165, 1.54) is 33.5 Å². The summed E-state index contributed by atoms with van der Waals surface area (Å²) in [5, 5.41) is 7.13. The van der Waals surface area contributed by atoms with E-state index >= 15 is 0 Å². The largest absolute Gasteiger partial charge is 0.301 e. The van der Waals surface area contributed by atoms with E-state index in [0.29, 0.717) is 12.0 Å². The first kappa shape index (κ1) is 17.0. The molecule has 2 aromatic carbocycles. The van der Waals surface area contributed by atoms with E-state index in [2.05, 4.69) is 92.5 Å². The Labute approximate surface area is 156 Å². The van der Waals surface area contributed by atoms with Crippen LogP contribution in [0.3, 0.4) is 0 Å². The predicted octanol–water partition coefficient (Wildman–Crippen LogP) is 4.29. The Balaban J connectivity index is 1.68. The summed E-state index contributed by atoms with van der Waals surface area (Å²) in [4.78, 5) is 2.42. The van der Waals surface area contributed by atoms with Crippen LogP contribution in [0.5, 0.6) is 0 Å². The van der Waals surface area contributed by atoms with Crippen molar-refractivity contribution in [3.8, 4) is 0 Å². The second-order valence-corrected chi connectivity index (χ2v) is 7.80. The molecule has 1 saturated heterocycles. The van der Waals surface area contributed by atoms with Crippen molar-refractivity contribution in [1.29, 1.82) is 0 Å². The number of piperidine rings is 1. The Morgan fingerprint density at radius 1 is 0.923 bits per heavy atom. The monoisotopic (exact) mass is 345 g/mol. The Morgan fingerprint density at radius 2 is 1.54 bits per heavy atom. The van der Waals surface area contributed by atoms with Crippen molar-refractivity contribution < 1.29 is 0 Å². The number of hydrogen-bond donors (Lipinski definition) is 0. The quantitative estimate of drug-likeness (QED) is 0.808. The van der Waals surface area contributed by atoms with Crippen LogP contribution in [0.25, 0.3) is 6.08 Å². The van der Waals surface area contributed by atoms with Crippen LogP contribution in [0.4, 0.5) is 0 Å². The minimum atomic E-state index is 0.315. The molecule has 4 rings (SSSR count). The minimum Gasteiger partial charge on any atom is -0.301 e. The molecule has 2 aliphatic heterocycles. The molecule has 0 aliphatic carbocycles. The molecule has 0 aromatic heterocycles. The number of rotatable bonds is 2. The molecule has 3 heteroatoms. The van der Waals surface area contributed by atoms with Gasteiger partial charge in [-0.25, -0.2) is 0 Å². The van der Waals surface area contributed by atoms with Crippen LogP contribution in [0.15, 0.2) is 59.2 Å². The zero-order valence-electron chi connectivity index (χ0n) is 16.1. The van der Waals surface area contributed by atoms with Gasteiger partial charge < -0.3 is 4.90 Å². The van der Waals surface area contributed by atoms with Crippen molar-refractivity contribution in [2.75, 3.05) is 27.2 Å². The van der Waals surface area contributed by atoms with Crippen LogP contribution in [0.2, 0.25) is 0 Å². The molecule has 26 heavy (non-hydrogen) atoms. The van der Waals surface area contributed by atoms with Crippen molar-refractivity contribution in [3.05, 3.63) is 76.4 Å². The summed E-state index contributed by atoms with van der Waals surface area (Å²) in [5.74, 6) is 0.415. The third-order valence-corrected chi connectivity index (χ3v) is 5.52. The minimum absolute atomic E-state index is 0.315. The van der Waals surface area contributed by atoms with Crippen molar-refractivity contribution in [3.63, 3.8) is 0 Å². The summed E-state index contributed by atoms with van der Waals surface area (Å²) >= 11 is 0. The Bertz CT molecular complexity index is 846. The molecule has 0 N–H and O–H groups in total. The lowest BCUT2D eigenvalue weighted by atomic mass is 9.83. The van der Waals surface area contributed by atoms with Gasteiger partial charge in [-0.05, 0) is 43.7 Å². The van der Waals surface area contributed by atoms with E-state index in [1.807, 2.05) is 0 Å². The van der Waals surface area contributed by atoms with Crippen LogP contribution >= 0.6 is 0 Å². The lowest BCUT2D eigenvalue weighted by Gasteiger charge is -2.34. The predicted molar refractivity (Wildman–Crippen MR) is 109 cm³/mol. The van der Waals surface area contributed by atoms with Crippen LogP contribution in [0, 0.1) is 19.8 Å². The number of hydrogen-bond acceptors (Lipinski definition) is 3. The van der Waals surface area contributed by atoms with Crippen molar-refractivity contribution in [1.82, 2.24) is 9.91 Å². The average molecular weight is 345 g/mol.